The van der Waals surface area contributed by atoms with Crippen molar-refractivity contribution in [3.8, 4) is 6.07 Å². The second-order valence-corrected chi connectivity index (χ2v) is 8.25. The molecule has 0 saturated heterocycles. The SMILES string of the molecule is C[C@@H](Nc1ncc(C#N)c2c1cc(C1=CCNCC1)c(=O)n2C)c1cc(N)cc(C(F)(F)F)c1. The Bertz CT molecular complexity index is 1400. The lowest BCUT2D eigenvalue weighted by Crippen LogP contribution is -2.26. The monoisotopic (exact) mass is 468 g/mol. The number of nitrogens with one attached hydrogen (secondary N) is 2. The summed E-state index contributed by atoms with van der Waals surface area (Å²) in [5.41, 5.74) is 7.02. The van der Waals surface area contributed by atoms with Gasteiger partial charge in [-0.25, -0.2) is 4.98 Å². The average molecular weight is 468 g/mol. The molecule has 3 heterocycles. The van der Waals surface area contributed by atoms with Gasteiger partial charge in [-0.3, -0.25) is 4.79 Å². The number of nitrogen functional groups attached to an aromatic ring is 1. The molecule has 1 aromatic carbocycles. The van der Waals surface area contributed by atoms with E-state index >= 15 is 0 Å². The molecule has 0 aliphatic carbocycles. The zero-order valence-corrected chi connectivity index (χ0v) is 18.6. The van der Waals surface area contributed by atoms with E-state index in [1.54, 1.807) is 20.0 Å². The number of nitriles is 1. The van der Waals surface area contributed by atoms with E-state index in [-0.39, 0.29) is 16.8 Å². The summed E-state index contributed by atoms with van der Waals surface area (Å²) in [6.45, 7) is 3.08. The highest BCUT2D eigenvalue weighted by atomic mass is 19.4. The van der Waals surface area contributed by atoms with Crippen molar-refractivity contribution < 1.29 is 13.2 Å². The van der Waals surface area contributed by atoms with E-state index in [4.69, 9.17) is 5.73 Å². The molecule has 1 aliphatic rings. The molecule has 1 aliphatic heterocycles. The van der Waals surface area contributed by atoms with Gasteiger partial charge in [0.25, 0.3) is 5.56 Å². The number of pyridine rings is 2. The molecule has 0 unspecified atom stereocenters. The minimum Gasteiger partial charge on any atom is -0.399 e. The van der Waals surface area contributed by atoms with Crippen molar-refractivity contribution in [3.63, 3.8) is 0 Å². The first-order valence-electron chi connectivity index (χ1n) is 10.7. The van der Waals surface area contributed by atoms with Crippen LogP contribution in [-0.2, 0) is 13.2 Å². The third-order valence-corrected chi connectivity index (χ3v) is 5.94. The lowest BCUT2D eigenvalue weighted by atomic mass is 9.99. The predicted molar refractivity (Wildman–Crippen MR) is 125 cm³/mol. The Hall–Kier alpha value is -3.84. The minimum atomic E-state index is -4.53. The van der Waals surface area contributed by atoms with Crippen LogP contribution in [0.1, 0.15) is 41.6 Å². The molecule has 7 nitrogen and oxygen atoms in total. The van der Waals surface area contributed by atoms with Crippen LogP contribution in [0, 0.1) is 11.3 Å². The van der Waals surface area contributed by atoms with Gasteiger partial charge < -0.3 is 20.9 Å². The molecule has 1 atom stereocenters. The summed E-state index contributed by atoms with van der Waals surface area (Å²) in [6.07, 6.45) is -0.552. The van der Waals surface area contributed by atoms with Crippen LogP contribution in [0.4, 0.5) is 24.7 Å². The summed E-state index contributed by atoms with van der Waals surface area (Å²) in [6, 6.07) is 6.58. The van der Waals surface area contributed by atoms with Gasteiger partial charge in [-0.1, -0.05) is 6.08 Å². The van der Waals surface area contributed by atoms with Crippen LogP contribution < -0.4 is 21.9 Å². The van der Waals surface area contributed by atoms with Crippen LogP contribution in [-0.4, -0.2) is 22.6 Å². The number of aromatic nitrogens is 2. The van der Waals surface area contributed by atoms with Gasteiger partial charge in [0.1, 0.15) is 11.9 Å². The van der Waals surface area contributed by atoms with Gasteiger partial charge in [0.05, 0.1) is 22.7 Å². The van der Waals surface area contributed by atoms with Crippen LogP contribution in [0.15, 0.2) is 41.3 Å². The number of nitrogens with two attached hydrogens (primary N) is 1. The largest absolute Gasteiger partial charge is 0.416 e. The fourth-order valence-electron chi connectivity index (χ4n) is 4.18. The Morgan fingerprint density at radius 2 is 2.06 bits per heavy atom. The number of benzene rings is 1. The van der Waals surface area contributed by atoms with Crippen LogP contribution in [0.5, 0.6) is 0 Å². The predicted octanol–water partition coefficient (Wildman–Crippen LogP) is 3.96. The maximum atomic E-state index is 13.3. The number of hydrogen-bond donors (Lipinski definition) is 3. The number of fused-ring (bicyclic) bond motifs is 1. The maximum absolute atomic E-state index is 13.3. The van der Waals surface area contributed by atoms with Crippen molar-refractivity contribution in [1.29, 1.82) is 5.26 Å². The Kier molecular flexibility index (Phi) is 6.06. The molecule has 4 rings (SSSR count). The molecule has 176 valence electrons. The van der Waals surface area contributed by atoms with E-state index in [1.807, 2.05) is 6.08 Å². The molecule has 0 radical (unpaired) electrons. The molecule has 0 amide bonds. The minimum absolute atomic E-state index is 0.00125. The van der Waals surface area contributed by atoms with Crippen molar-refractivity contribution in [2.45, 2.75) is 25.6 Å². The van der Waals surface area contributed by atoms with Crippen molar-refractivity contribution in [1.82, 2.24) is 14.9 Å². The highest BCUT2D eigenvalue weighted by Crippen LogP contribution is 2.34. The summed E-state index contributed by atoms with van der Waals surface area (Å²) >= 11 is 0. The van der Waals surface area contributed by atoms with Crippen LogP contribution in [0.25, 0.3) is 16.5 Å². The summed E-state index contributed by atoms with van der Waals surface area (Å²) in [7, 11) is 1.59. The Morgan fingerprint density at radius 3 is 2.71 bits per heavy atom. The van der Waals surface area contributed by atoms with Gasteiger partial charge in [0, 0.05) is 36.4 Å². The topological polar surface area (TPSA) is 109 Å². The zero-order chi connectivity index (χ0) is 24.6. The number of rotatable bonds is 4. The molecule has 2 aromatic heterocycles. The summed E-state index contributed by atoms with van der Waals surface area (Å²) in [5.74, 6) is 0.351. The maximum Gasteiger partial charge on any atom is 0.416 e. The molecular weight excluding hydrogens is 445 g/mol. The molecule has 0 fully saturated rings. The smallest absolute Gasteiger partial charge is 0.399 e. The molecule has 3 aromatic rings. The molecule has 0 spiro atoms. The van der Waals surface area contributed by atoms with Crippen LogP contribution >= 0.6 is 0 Å². The molecular formula is C24H23F3N6O. The quantitative estimate of drug-likeness (QED) is 0.501. The third-order valence-electron chi connectivity index (χ3n) is 5.94. The first kappa shape index (κ1) is 23.3. The summed E-state index contributed by atoms with van der Waals surface area (Å²) in [4.78, 5) is 17.5. The lowest BCUT2D eigenvalue weighted by Gasteiger charge is -2.21. The number of nitrogens with zero attached hydrogens (tertiary/aromatic N) is 3. The van der Waals surface area contributed by atoms with Gasteiger partial charge in [-0.05, 0) is 55.3 Å². The molecule has 34 heavy (non-hydrogen) atoms. The van der Waals surface area contributed by atoms with Crippen molar-refractivity contribution in [2.24, 2.45) is 7.05 Å². The van der Waals surface area contributed by atoms with E-state index in [0.717, 1.165) is 24.3 Å². The Labute approximate surface area is 193 Å². The fraction of sp³-hybridized carbons (Fsp3) is 0.292. The first-order chi connectivity index (χ1) is 16.1. The van der Waals surface area contributed by atoms with Crippen LogP contribution in [0.3, 0.4) is 0 Å². The van der Waals surface area contributed by atoms with E-state index in [9.17, 15) is 23.2 Å². The third kappa shape index (κ3) is 4.34. The van der Waals surface area contributed by atoms with E-state index in [2.05, 4.69) is 21.7 Å². The second kappa shape index (κ2) is 8.83. The zero-order valence-electron chi connectivity index (χ0n) is 18.6. The fourth-order valence-corrected chi connectivity index (χ4v) is 4.18. The number of anilines is 2. The average Bonchev–Trinajstić information content (AvgIpc) is 2.81. The highest BCUT2D eigenvalue weighted by molar-refractivity contribution is 5.95. The summed E-state index contributed by atoms with van der Waals surface area (Å²) < 4.78 is 41.2. The molecule has 0 bridgehead atoms. The van der Waals surface area contributed by atoms with Gasteiger partial charge >= 0.3 is 6.18 Å². The second-order valence-electron chi connectivity index (χ2n) is 8.25. The summed E-state index contributed by atoms with van der Waals surface area (Å²) in [5, 5.41) is 16.5. The standard InChI is InChI=1S/C24H23F3N6O/c1-13(15-7-17(24(25,26)27)9-18(29)8-15)32-22-20-10-19(14-3-5-30-6-4-14)23(34)33(2)21(20)16(11-28)12-31-22/h3,7-10,12-13,30H,4-6,29H2,1-2H3,(H,31,32)/t13-/m1/s1. The van der Waals surface area contributed by atoms with Gasteiger partial charge in [-0.2, -0.15) is 18.4 Å². The van der Waals surface area contributed by atoms with Gasteiger partial charge in [0.2, 0.25) is 0 Å². The molecule has 0 saturated carbocycles. The Morgan fingerprint density at radius 1 is 1.29 bits per heavy atom. The van der Waals surface area contributed by atoms with Crippen molar-refractivity contribution >= 4 is 28.0 Å². The first-order valence-corrected chi connectivity index (χ1v) is 10.7. The normalized spacial score (nSPS) is 15.0. The van der Waals surface area contributed by atoms with Crippen molar-refractivity contribution in [2.75, 3.05) is 24.1 Å². The Balaban J connectivity index is 1.84. The molecule has 4 N–H and O–H groups in total. The number of halogens is 3. The van der Waals surface area contributed by atoms with Gasteiger partial charge in [-0.15, -0.1) is 0 Å². The van der Waals surface area contributed by atoms with Gasteiger partial charge in [0.15, 0.2) is 0 Å². The lowest BCUT2D eigenvalue weighted by molar-refractivity contribution is -0.137. The van der Waals surface area contributed by atoms with E-state index in [1.165, 1.54) is 16.8 Å². The van der Waals surface area contributed by atoms with E-state index in [0.29, 0.717) is 40.8 Å². The molecule has 10 heteroatoms. The van der Waals surface area contributed by atoms with Crippen LogP contribution in [0.2, 0.25) is 0 Å². The number of alkyl halides is 3. The number of aryl methyl sites for hydroxylation is 1. The van der Waals surface area contributed by atoms with E-state index < -0.39 is 17.8 Å². The number of hydrogen-bond acceptors (Lipinski definition) is 6. The highest BCUT2D eigenvalue weighted by Gasteiger charge is 2.31. The van der Waals surface area contributed by atoms with Crippen molar-refractivity contribution in [3.05, 3.63) is 69.1 Å².